The molecule has 0 aromatic rings. The van der Waals surface area contributed by atoms with Crippen molar-refractivity contribution in [3.63, 3.8) is 0 Å². The number of alkyl halides is 1. The van der Waals surface area contributed by atoms with Gasteiger partial charge in [-0.3, -0.25) is 4.79 Å². The molecule has 0 aliphatic heterocycles. The summed E-state index contributed by atoms with van der Waals surface area (Å²) < 4.78 is 0. The summed E-state index contributed by atoms with van der Waals surface area (Å²) in [6.45, 7) is 0. The monoisotopic (exact) mass is 274 g/mol. The van der Waals surface area contributed by atoms with E-state index >= 15 is 0 Å². The van der Waals surface area contributed by atoms with Crippen LogP contribution in [-0.4, -0.2) is 22.2 Å². The predicted octanol–water partition coefficient (Wildman–Crippen LogP) is 1.39. The summed E-state index contributed by atoms with van der Waals surface area (Å²) in [4.78, 5) is 19.4. The summed E-state index contributed by atoms with van der Waals surface area (Å²) in [5.41, 5.74) is 0. The number of carbonyl (C=O) groups excluding carboxylic acids is 1. The first kappa shape index (κ1) is 12.7. The summed E-state index contributed by atoms with van der Waals surface area (Å²) in [5, 5.41) is 8.12. The van der Waals surface area contributed by atoms with Gasteiger partial charge in [0.05, 0.1) is 4.83 Å². The molecule has 0 bridgehead atoms. The van der Waals surface area contributed by atoms with Crippen LogP contribution in [0.5, 0.6) is 0 Å². The average Bonchev–Trinajstić information content (AvgIpc) is 1.83. The van der Waals surface area contributed by atoms with Crippen molar-refractivity contribution in [2.45, 2.75) is 17.7 Å². The van der Waals surface area contributed by atoms with E-state index in [1.165, 1.54) is 0 Å². The molecule has 0 aliphatic carbocycles. The Hall–Kier alpha value is 0.1000. The maximum absolute atomic E-state index is 9.88. The molecule has 0 rings (SSSR count). The number of hydrogen-bond acceptors (Lipinski definition) is 2. The molecule has 5 heteroatoms. The number of rotatable bonds is 4. The first-order chi connectivity index (χ1) is 4.16. The van der Waals surface area contributed by atoms with E-state index in [4.69, 9.17) is 5.11 Å². The lowest BCUT2D eigenvalue weighted by Crippen LogP contribution is -2.03. The highest BCUT2D eigenvalue weighted by atomic mass is 79.9. The Morgan fingerprint density at radius 3 is 2.50 bits per heavy atom. The first-order valence-corrected chi connectivity index (χ1v) is 3.39. The van der Waals surface area contributed by atoms with Gasteiger partial charge < -0.3 is 9.90 Å². The molecule has 1 N–H and O–H groups in total. The van der Waals surface area contributed by atoms with Gasteiger partial charge in [0.15, 0.2) is 0 Å². The van der Waals surface area contributed by atoms with E-state index in [1.54, 1.807) is 0 Å². The minimum absolute atomic E-state index is 0. The Morgan fingerprint density at radius 2 is 2.20 bits per heavy atom. The Morgan fingerprint density at radius 1 is 1.70 bits per heavy atom. The average molecular weight is 276 g/mol. The van der Waals surface area contributed by atoms with E-state index in [9.17, 15) is 9.59 Å². The van der Waals surface area contributed by atoms with E-state index < -0.39 is 5.97 Å². The van der Waals surface area contributed by atoms with Crippen LogP contribution in [0.1, 0.15) is 12.8 Å². The van der Waals surface area contributed by atoms with Gasteiger partial charge in [-0.2, -0.15) is 0 Å². The van der Waals surface area contributed by atoms with Crippen molar-refractivity contribution in [1.29, 1.82) is 0 Å². The third-order valence-electron chi connectivity index (χ3n) is 0.782. The fourth-order valence-corrected chi connectivity index (χ4v) is 0.558. The smallest absolute Gasteiger partial charge is 0.303 e. The molecular formula is C5H8Br2O3. The van der Waals surface area contributed by atoms with Gasteiger partial charge in [0.1, 0.15) is 6.29 Å². The van der Waals surface area contributed by atoms with Crippen molar-refractivity contribution in [2.24, 2.45) is 0 Å². The number of halogens is 2. The second kappa shape index (κ2) is 7.21. The largest absolute Gasteiger partial charge is 0.481 e. The van der Waals surface area contributed by atoms with Crippen LogP contribution in [0.4, 0.5) is 0 Å². The van der Waals surface area contributed by atoms with E-state index in [0.717, 1.165) is 0 Å². The Kier molecular flexibility index (Phi) is 9.19. The second-order valence-electron chi connectivity index (χ2n) is 1.58. The number of carboxylic acid groups (broad SMARTS) is 1. The lowest BCUT2D eigenvalue weighted by atomic mass is 10.2. The molecular weight excluding hydrogens is 268 g/mol. The van der Waals surface area contributed by atoms with E-state index in [1.807, 2.05) is 0 Å². The minimum atomic E-state index is -0.874. The summed E-state index contributed by atoms with van der Waals surface area (Å²) in [6, 6.07) is 0. The Bertz CT molecular complexity index is 115. The van der Waals surface area contributed by atoms with Crippen LogP contribution < -0.4 is 0 Å². The SMILES string of the molecule is Br.O=CC(Br)CCC(=O)O. The molecule has 10 heavy (non-hydrogen) atoms. The zero-order valence-corrected chi connectivity index (χ0v) is 8.42. The third-order valence-corrected chi connectivity index (χ3v) is 1.46. The molecule has 0 spiro atoms. The fraction of sp³-hybridized carbons (Fsp3) is 0.600. The van der Waals surface area contributed by atoms with Gasteiger partial charge in [-0.05, 0) is 6.42 Å². The first-order valence-electron chi connectivity index (χ1n) is 2.48. The predicted molar refractivity (Wildman–Crippen MR) is 46.0 cm³/mol. The molecule has 1 atom stereocenters. The lowest BCUT2D eigenvalue weighted by Gasteiger charge is -1.94. The Balaban J connectivity index is 0. The maximum Gasteiger partial charge on any atom is 0.303 e. The third kappa shape index (κ3) is 8.10. The lowest BCUT2D eigenvalue weighted by molar-refractivity contribution is -0.137. The van der Waals surface area contributed by atoms with Gasteiger partial charge in [-0.15, -0.1) is 17.0 Å². The Labute approximate surface area is 77.7 Å². The number of carboxylic acids is 1. The highest BCUT2D eigenvalue weighted by Gasteiger charge is 2.03. The summed E-state index contributed by atoms with van der Waals surface area (Å²) in [6.07, 6.45) is 1.08. The summed E-state index contributed by atoms with van der Waals surface area (Å²) >= 11 is 2.97. The van der Waals surface area contributed by atoms with Crippen molar-refractivity contribution < 1.29 is 14.7 Å². The highest BCUT2D eigenvalue weighted by molar-refractivity contribution is 9.09. The number of aldehydes is 1. The quantitative estimate of drug-likeness (QED) is 0.623. The van der Waals surface area contributed by atoms with Gasteiger partial charge in [0.25, 0.3) is 0 Å². The standard InChI is InChI=1S/C5H7BrO3.BrH/c6-4(3-7)1-2-5(8)9;/h3-4H,1-2H2,(H,8,9);1H. The van der Waals surface area contributed by atoms with E-state index in [-0.39, 0.29) is 28.2 Å². The van der Waals surface area contributed by atoms with Gasteiger partial charge in [0, 0.05) is 6.42 Å². The zero-order chi connectivity index (χ0) is 7.28. The molecule has 3 nitrogen and oxygen atoms in total. The zero-order valence-electron chi connectivity index (χ0n) is 5.12. The van der Waals surface area contributed by atoms with Crippen molar-refractivity contribution in [3.05, 3.63) is 0 Å². The molecule has 0 aromatic carbocycles. The topological polar surface area (TPSA) is 54.4 Å². The van der Waals surface area contributed by atoms with Crippen LogP contribution in [0, 0.1) is 0 Å². The highest BCUT2D eigenvalue weighted by Crippen LogP contribution is 2.03. The molecule has 0 heterocycles. The van der Waals surface area contributed by atoms with Crippen LogP contribution in [0.2, 0.25) is 0 Å². The molecule has 1 unspecified atom stereocenters. The van der Waals surface area contributed by atoms with Crippen molar-refractivity contribution in [3.8, 4) is 0 Å². The molecule has 60 valence electrons. The van der Waals surface area contributed by atoms with Gasteiger partial charge in [-0.1, -0.05) is 15.9 Å². The van der Waals surface area contributed by atoms with Crippen molar-refractivity contribution in [2.75, 3.05) is 0 Å². The van der Waals surface area contributed by atoms with E-state index in [0.29, 0.717) is 12.7 Å². The van der Waals surface area contributed by atoms with Crippen LogP contribution >= 0.6 is 32.9 Å². The number of aliphatic carboxylic acids is 1. The summed E-state index contributed by atoms with van der Waals surface area (Å²) in [5.74, 6) is -0.874. The van der Waals surface area contributed by atoms with Crippen LogP contribution in [0.25, 0.3) is 0 Å². The molecule has 0 fully saturated rings. The molecule has 0 saturated heterocycles. The van der Waals surface area contributed by atoms with Crippen molar-refractivity contribution >= 4 is 45.2 Å². The van der Waals surface area contributed by atoms with Crippen LogP contribution in [0.3, 0.4) is 0 Å². The molecule has 0 aliphatic rings. The minimum Gasteiger partial charge on any atom is -0.481 e. The summed E-state index contributed by atoms with van der Waals surface area (Å²) in [7, 11) is 0. The molecule has 0 radical (unpaired) electrons. The molecule has 0 amide bonds. The molecule has 0 aromatic heterocycles. The number of carbonyl (C=O) groups is 2. The van der Waals surface area contributed by atoms with Gasteiger partial charge >= 0.3 is 5.97 Å². The fourth-order valence-electron chi connectivity index (χ4n) is 0.329. The number of hydrogen-bond donors (Lipinski definition) is 1. The van der Waals surface area contributed by atoms with Crippen LogP contribution in [-0.2, 0) is 9.59 Å². The molecule has 0 saturated carbocycles. The van der Waals surface area contributed by atoms with Gasteiger partial charge in [0.2, 0.25) is 0 Å². The second-order valence-corrected chi connectivity index (χ2v) is 2.76. The van der Waals surface area contributed by atoms with Crippen LogP contribution in [0.15, 0.2) is 0 Å². The van der Waals surface area contributed by atoms with E-state index in [2.05, 4.69) is 15.9 Å². The van der Waals surface area contributed by atoms with Crippen molar-refractivity contribution in [1.82, 2.24) is 0 Å². The van der Waals surface area contributed by atoms with Gasteiger partial charge in [-0.25, -0.2) is 0 Å². The maximum atomic E-state index is 9.88. The normalized spacial score (nSPS) is 11.3.